The van der Waals surface area contributed by atoms with Gasteiger partial charge in [-0.15, -0.1) is 0 Å². The van der Waals surface area contributed by atoms with Crippen LogP contribution in [-0.4, -0.2) is 14.8 Å². The molecule has 1 aromatic carbocycles. The van der Waals surface area contributed by atoms with Crippen molar-refractivity contribution in [3.05, 3.63) is 59.7 Å². The van der Waals surface area contributed by atoms with E-state index in [2.05, 4.69) is 41.3 Å². The molecule has 3 rings (SSSR count). The first-order chi connectivity index (χ1) is 8.70. The fourth-order valence-corrected chi connectivity index (χ4v) is 2.11. The normalized spacial score (nSPS) is 11.0. The molecule has 0 unspecified atom stereocenters. The molecule has 0 amide bonds. The fraction of sp³-hybridized carbons (Fsp3) is 0.200. The first-order valence-electron chi connectivity index (χ1n) is 6.05. The van der Waals surface area contributed by atoms with Crippen molar-refractivity contribution in [1.82, 2.24) is 14.8 Å². The van der Waals surface area contributed by atoms with E-state index in [0.29, 0.717) is 0 Å². The Bertz CT molecular complexity index is 698. The van der Waals surface area contributed by atoms with Gasteiger partial charge >= 0.3 is 0 Å². The van der Waals surface area contributed by atoms with Crippen LogP contribution in [0.4, 0.5) is 0 Å². The van der Waals surface area contributed by atoms with Crippen LogP contribution in [0.3, 0.4) is 0 Å². The van der Waals surface area contributed by atoms with Crippen molar-refractivity contribution in [3.63, 3.8) is 0 Å². The maximum Gasteiger partial charge on any atom is 0.0831 e. The summed E-state index contributed by atoms with van der Waals surface area (Å²) in [4.78, 5) is 4.48. The summed E-state index contributed by atoms with van der Waals surface area (Å²) in [7, 11) is 0. The maximum absolute atomic E-state index is 4.48. The third-order valence-electron chi connectivity index (χ3n) is 3.02. The van der Waals surface area contributed by atoms with E-state index >= 15 is 0 Å². The zero-order chi connectivity index (χ0) is 12.5. The lowest BCUT2D eigenvalue weighted by atomic mass is 10.1. The lowest BCUT2D eigenvalue weighted by molar-refractivity contribution is 0.673. The van der Waals surface area contributed by atoms with Gasteiger partial charge in [0.15, 0.2) is 0 Å². The van der Waals surface area contributed by atoms with E-state index in [0.717, 1.165) is 12.2 Å². The smallest absolute Gasteiger partial charge is 0.0831 e. The molecule has 2 heterocycles. The Hall–Kier alpha value is -2.16. The number of hydrogen-bond donors (Lipinski definition) is 0. The second-order valence-corrected chi connectivity index (χ2v) is 4.74. The van der Waals surface area contributed by atoms with Gasteiger partial charge in [-0.2, -0.15) is 5.10 Å². The van der Waals surface area contributed by atoms with Gasteiger partial charge in [-0.1, -0.05) is 23.8 Å². The van der Waals surface area contributed by atoms with Crippen molar-refractivity contribution in [2.24, 2.45) is 0 Å². The number of nitrogens with zero attached hydrogens (tertiary/aromatic N) is 3. The van der Waals surface area contributed by atoms with Crippen LogP contribution in [0.5, 0.6) is 0 Å². The number of pyridine rings is 1. The molecule has 0 bridgehead atoms. The second-order valence-electron chi connectivity index (χ2n) is 4.74. The van der Waals surface area contributed by atoms with Crippen molar-refractivity contribution < 1.29 is 0 Å². The Morgan fingerprint density at radius 2 is 1.89 bits per heavy atom. The van der Waals surface area contributed by atoms with Gasteiger partial charge in [-0.3, -0.25) is 9.67 Å². The minimum absolute atomic E-state index is 0.720. The molecule has 0 fully saturated rings. The predicted molar refractivity (Wildman–Crippen MR) is 72.5 cm³/mol. The van der Waals surface area contributed by atoms with Crippen LogP contribution in [0.25, 0.3) is 10.8 Å². The second kappa shape index (κ2) is 4.26. The van der Waals surface area contributed by atoms with Gasteiger partial charge in [0, 0.05) is 17.8 Å². The number of hydrogen-bond acceptors (Lipinski definition) is 2. The van der Waals surface area contributed by atoms with Crippen LogP contribution in [0.2, 0.25) is 0 Å². The van der Waals surface area contributed by atoms with Crippen LogP contribution in [0, 0.1) is 13.8 Å². The Morgan fingerprint density at radius 1 is 1.00 bits per heavy atom. The van der Waals surface area contributed by atoms with Crippen LogP contribution in [0.1, 0.15) is 16.8 Å². The highest BCUT2D eigenvalue weighted by Gasteiger charge is 2.01. The summed E-state index contributed by atoms with van der Waals surface area (Å²) in [5, 5.41) is 6.71. The topological polar surface area (TPSA) is 30.7 Å². The molecule has 3 aromatic rings. The van der Waals surface area contributed by atoms with E-state index in [4.69, 9.17) is 0 Å². The number of benzene rings is 1. The van der Waals surface area contributed by atoms with Gasteiger partial charge in [0.05, 0.1) is 18.4 Å². The summed E-state index contributed by atoms with van der Waals surface area (Å²) >= 11 is 0. The van der Waals surface area contributed by atoms with Crippen molar-refractivity contribution in [3.8, 4) is 0 Å². The standard InChI is InChI=1S/C15H15N3/c1-11-3-4-13-8-16-15(6-14(13)5-11)10-18-9-12(2)7-17-18/h3-9H,10H2,1-2H3. The number of fused-ring (bicyclic) bond motifs is 1. The molecule has 18 heavy (non-hydrogen) atoms. The molecule has 0 spiro atoms. The highest BCUT2D eigenvalue weighted by Crippen LogP contribution is 2.16. The molecular weight excluding hydrogens is 222 g/mol. The SMILES string of the molecule is Cc1ccc2cnc(Cn3cc(C)cn3)cc2c1. The highest BCUT2D eigenvalue weighted by atomic mass is 15.3. The van der Waals surface area contributed by atoms with Gasteiger partial charge < -0.3 is 0 Å². The number of rotatable bonds is 2. The predicted octanol–water partition coefficient (Wildman–Crippen LogP) is 3.10. The van der Waals surface area contributed by atoms with E-state index in [1.165, 1.54) is 21.9 Å². The van der Waals surface area contributed by atoms with Crippen LogP contribution in [0.15, 0.2) is 42.9 Å². The molecule has 0 aliphatic heterocycles. The third-order valence-corrected chi connectivity index (χ3v) is 3.02. The summed E-state index contributed by atoms with van der Waals surface area (Å²) in [5.41, 5.74) is 3.48. The van der Waals surface area contributed by atoms with E-state index in [-0.39, 0.29) is 0 Å². The number of aryl methyl sites for hydroxylation is 2. The number of aromatic nitrogens is 3. The Morgan fingerprint density at radius 3 is 2.67 bits per heavy atom. The lowest BCUT2D eigenvalue weighted by Gasteiger charge is -2.04. The molecule has 0 atom stereocenters. The van der Waals surface area contributed by atoms with Crippen LogP contribution >= 0.6 is 0 Å². The maximum atomic E-state index is 4.48. The first-order valence-corrected chi connectivity index (χ1v) is 6.05. The summed E-state index contributed by atoms with van der Waals surface area (Å²) < 4.78 is 1.92. The van der Waals surface area contributed by atoms with Gasteiger partial charge in [0.1, 0.15) is 0 Å². The zero-order valence-corrected chi connectivity index (χ0v) is 10.6. The summed E-state index contributed by atoms with van der Waals surface area (Å²) in [6.45, 7) is 4.87. The Kier molecular flexibility index (Phi) is 2.59. The monoisotopic (exact) mass is 237 g/mol. The van der Waals surface area contributed by atoms with E-state index in [1.54, 1.807) is 0 Å². The van der Waals surface area contributed by atoms with E-state index in [1.807, 2.05) is 30.2 Å². The van der Waals surface area contributed by atoms with Gasteiger partial charge in [0.25, 0.3) is 0 Å². The molecule has 2 aromatic heterocycles. The fourth-order valence-electron chi connectivity index (χ4n) is 2.11. The summed E-state index contributed by atoms with van der Waals surface area (Å²) in [6, 6.07) is 8.55. The summed E-state index contributed by atoms with van der Waals surface area (Å²) in [5.74, 6) is 0. The zero-order valence-electron chi connectivity index (χ0n) is 10.6. The average molecular weight is 237 g/mol. The van der Waals surface area contributed by atoms with Gasteiger partial charge in [-0.05, 0) is 30.9 Å². The molecule has 0 aliphatic carbocycles. The molecule has 3 nitrogen and oxygen atoms in total. The van der Waals surface area contributed by atoms with E-state index in [9.17, 15) is 0 Å². The largest absolute Gasteiger partial charge is 0.266 e. The van der Waals surface area contributed by atoms with E-state index < -0.39 is 0 Å². The molecule has 0 saturated carbocycles. The Balaban J connectivity index is 1.97. The highest BCUT2D eigenvalue weighted by molar-refractivity contribution is 5.82. The molecule has 0 radical (unpaired) electrons. The molecule has 90 valence electrons. The quantitative estimate of drug-likeness (QED) is 0.685. The third kappa shape index (κ3) is 2.12. The molecule has 0 N–H and O–H groups in total. The molecule has 0 saturated heterocycles. The van der Waals surface area contributed by atoms with Crippen molar-refractivity contribution >= 4 is 10.8 Å². The minimum Gasteiger partial charge on any atom is -0.266 e. The van der Waals surface area contributed by atoms with Crippen LogP contribution in [-0.2, 0) is 6.54 Å². The van der Waals surface area contributed by atoms with Gasteiger partial charge in [0.2, 0.25) is 0 Å². The average Bonchev–Trinajstić information content (AvgIpc) is 2.74. The Labute approximate surface area is 106 Å². The minimum atomic E-state index is 0.720. The first kappa shape index (κ1) is 11.0. The lowest BCUT2D eigenvalue weighted by Crippen LogP contribution is -2.01. The summed E-state index contributed by atoms with van der Waals surface area (Å²) in [6.07, 6.45) is 5.83. The van der Waals surface area contributed by atoms with Crippen molar-refractivity contribution in [2.75, 3.05) is 0 Å². The van der Waals surface area contributed by atoms with Gasteiger partial charge in [-0.25, -0.2) is 0 Å². The molecule has 0 aliphatic rings. The molecular formula is C15H15N3. The van der Waals surface area contributed by atoms with Crippen molar-refractivity contribution in [1.29, 1.82) is 0 Å². The van der Waals surface area contributed by atoms with Crippen molar-refractivity contribution in [2.45, 2.75) is 20.4 Å². The van der Waals surface area contributed by atoms with Crippen LogP contribution < -0.4 is 0 Å². The molecule has 3 heteroatoms.